The summed E-state index contributed by atoms with van der Waals surface area (Å²) in [6, 6.07) is 6.44. The van der Waals surface area contributed by atoms with E-state index in [-0.39, 0.29) is 23.9 Å². The first-order valence-corrected chi connectivity index (χ1v) is 6.65. The lowest BCUT2D eigenvalue weighted by molar-refractivity contribution is -0.385. The van der Waals surface area contributed by atoms with Crippen LogP contribution in [0.2, 0.25) is 0 Å². The third kappa shape index (κ3) is 3.51. The van der Waals surface area contributed by atoms with Crippen molar-refractivity contribution in [2.24, 2.45) is 0 Å². The number of hydrogen-bond acceptors (Lipinski definition) is 8. The first-order valence-electron chi connectivity index (χ1n) is 6.65. The van der Waals surface area contributed by atoms with Gasteiger partial charge in [0.2, 0.25) is 5.82 Å². The van der Waals surface area contributed by atoms with E-state index in [1.807, 2.05) is 0 Å². The van der Waals surface area contributed by atoms with Crippen LogP contribution in [-0.4, -0.2) is 34.6 Å². The van der Waals surface area contributed by atoms with Gasteiger partial charge in [0.1, 0.15) is 6.33 Å². The minimum atomic E-state index is -0.645. The summed E-state index contributed by atoms with van der Waals surface area (Å²) in [7, 11) is 1.25. The molecule has 1 aromatic heterocycles. The van der Waals surface area contributed by atoms with E-state index < -0.39 is 16.6 Å². The highest BCUT2D eigenvalue weighted by molar-refractivity contribution is 5.96. The first kappa shape index (κ1) is 16.1. The minimum absolute atomic E-state index is 0.0789. The third-order valence-corrected chi connectivity index (χ3v) is 2.84. The number of nitrogens with zero attached hydrogens (tertiary/aromatic N) is 3. The Morgan fingerprint density at radius 3 is 2.74 bits per heavy atom. The number of rotatable bonds is 6. The number of hydrogen-bond donors (Lipinski definition) is 1. The van der Waals surface area contributed by atoms with Crippen molar-refractivity contribution in [1.29, 1.82) is 0 Å². The van der Waals surface area contributed by atoms with Gasteiger partial charge < -0.3 is 14.8 Å². The fraction of sp³-hybridized carbons (Fsp3) is 0.214. The Kier molecular flexibility index (Phi) is 5.03. The van der Waals surface area contributed by atoms with Crippen molar-refractivity contribution < 1.29 is 19.2 Å². The number of ether oxygens (including phenoxy) is 2. The summed E-state index contributed by atoms with van der Waals surface area (Å²) in [5, 5.41) is 14.1. The number of para-hydroxylation sites is 1. The van der Waals surface area contributed by atoms with Crippen molar-refractivity contribution in [2.75, 3.05) is 19.0 Å². The second-order valence-electron chi connectivity index (χ2n) is 4.23. The molecule has 0 bridgehead atoms. The normalized spacial score (nSPS) is 10.0. The van der Waals surface area contributed by atoms with E-state index in [4.69, 9.17) is 4.74 Å². The molecule has 0 saturated carbocycles. The summed E-state index contributed by atoms with van der Waals surface area (Å²) in [5.41, 5.74) is 0.137. The first-order chi connectivity index (χ1) is 11.1. The van der Waals surface area contributed by atoms with Gasteiger partial charge in [0.15, 0.2) is 0 Å². The van der Waals surface area contributed by atoms with Gasteiger partial charge in [0.25, 0.3) is 5.88 Å². The molecule has 0 amide bonds. The molecule has 9 heteroatoms. The highest BCUT2D eigenvalue weighted by Gasteiger charge is 2.25. The van der Waals surface area contributed by atoms with E-state index in [1.165, 1.54) is 13.2 Å². The molecule has 2 rings (SSSR count). The van der Waals surface area contributed by atoms with Gasteiger partial charge in [0, 0.05) is 0 Å². The van der Waals surface area contributed by atoms with E-state index in [9.17, 15) is 14.9 Å². The summed E-state index contributed by atoms with van der Waals surface area (Å²) >= 11 is 0. The Labute approximate surface area is 131 Å². The molecule has 1 N–H and O–H groups in total. The van der Waals surface area contributed by atoms with Crippen LogP contribution in [0.3, 0.4) is 0 Å². The Balaban J connectivity index is 2.47. The molecule has 9 nitrogen and oxygen atoms in total. The Bertz CT molecular complexity index is 735. The van der Waals surface area contributed by atoms with Crippen LogP contribution in [0.5, 0.6) is 5.88 Å². The summed E-state index contributed by atoms with van der Waals surface area (Å²) in [6.45, 7) is 1.90. The van der Waals surface area contributed by atoms with Gasteiger partial charge in [-0.2, -0.15) is 4.98 Å². The number of esters is 1. The molecule has 0 aliphatic rings. The van der Waals surface area contributed by atoms with E-state index in [1.54, 1.807) is 25.1 Å². The predicted molar refractivity (Wildman–Crippen MR) is 80.9 cm³/mol. The Hall–Kier alpha value is -3.23. The second kappa shape index (κ2) is 7.16. The standard InChI is InChI=1S/C14H14N4O5/c1-3-23-13-11(18(20)21)12(15-8-16-13)17-10-7-5-4-6-9(10)14(19)22-2/h4-8H,3H2,1-2H3,(H,15,16,17). The number of nitrogens with one attached hydrogen (secondary N) is 1. The molecule has 1 aromatic carbocycles. The van der Waals surface area contributed by atoms with Gasteiger partial charge in [-0.3, -0.25) is 10.1 Å². The number of nitro groups is 1. The van der Waals surface area contributed by atoms with Crippen LogP contribution in [0.15, 0.2) is 30.6 Å². The monoisotopic (exact) mass is 318 g/mol. The SMILES string of the molecule is CCOc1ncnc(Nc2ccccc2C(=O)OC)c1[N+](=O)[O-]. The van der Waals surface area contributed by atoms with Gasteiger partial charge in [0.05, 0.1) is 29.9 Å². The molecule has 120 valence electrons. The molecule has 0 spiro atoms. The summed E-state index contributed by atoms with van der Waals surface area (Å²) in [5.74, 6) is -0.801. The van der Waals surface area contributed by atoms with Crippen molar-refractivity contribution in [3.8, 4) is 5.88 Å². The zero-order valence-corrected chi connectivity index (χ0v) is 12.5. The highest BCUT2D eigenvalue weighted by Crippen LogP contribution is 2.33. The number of anilines is 2. The molecule has 0 atom stereocenters. The maximum atomic E-state index is 11.8. The predicted octanol–water partition coefficient (Wildman–Crippen LogP) is 2.31. The molecule has 0 aliphatic carbocycles. The van der Waals surface area contributed by atoms with Crippen molar-refractivity contribution in [3.63, 3.8) is 0 Å². The highest BCUT2D eigenvalue weighted by atomic mass is 16.6. The smallest absolute Gasteiger partial charge is 0.373 e. The molecule has 0 radical (unpaired) electrons. The van der Waals surface area contributed by atoms with Crippen LogP contribution < -0.4 is 10.1 Å². The van der Waals surface area contributed by atoms with E-state index >= 15 is 0 Å². The molecule has 0 fully saturated rings. The number of carbonyl (C=O) groups excluding carboxylic acids is 1. The molecular weight excluding hydrogens is 304 g/mol. The number of benzene rings is 1. The van der Waals surface area contributed by atoms with Crippen molar-refractivity contribution in [3.05, 3.63) is 46.3 Å². The van der Waals surface area contributed by atoms with Gasteiger partial charge >= 0.3 is 11.7 Å². The second-order valence-corrected chi connectivity index (χ2v) is 4.23. The maximum absolute atomic E-state index is 11.8. The van der Waals surface area contributed by atoms with Crippen LogP contribution in [-0.2, 0) is 4.74 Å². The van der Waals surface area contributed by atoms with E-state index in [2.05, 4.69) is 20.0 Å². The third-order valence-electron chi connectivity index (χ3n) is 2.84. The zero-order chi connectivity index (χ0) is 16.8. The fourth-order valence-corrected chi connectivity index (χ4v) is 1.87. The Morgan fingerprint density at radius 2 is 2.09 bits per heavy atom. The minimum Gasteiger partial charge on any atom is -0.473 e. The van der Waals surface area contributed by atoms with Crippen molar-refractivity contribution in [1.82, 2.24) is 9.97 Å². The molecular formula is C14H14N4O5. The lowest BCUT2D eigenvalue weighted by Gasteiger charge is -2.11. The summed E-state index contributed by atoms with van der Waals surface area (Å²) in [6.07, 6.45) is 1.14. The Morgan fingerprint density at radius 1 is 1.35 bits per heavy atom. The molecule has 0 aliphatic heterocycles. The fourth-order valence-electron chi connectivity index (χ4n) is 1.87. The van der Waals surface area contributed by atoms with Crippen molar-refractivity contribution >= 4 is 23.2 Å². The van der Waals surface area contributed by atoms with Gasteiger partial charge in [-0.15, -0.1) is 0 Å². The van der Waals surface area contributed by atoms with E-state index in [0.29, 0.717) is 5.69 Å². The largest absolute Gasteiger partial charge is 0.473 e. The molecule has 0 unspecified atom stereocenters. The summed E-state index contributed by atoms with van der Waals surface area (Å²) < 4.78 is 9.84. The van der Waals surface area contributed by atoms with Crippen LogP contribution in [0.4, 0.5) is 17.2 Å². The van der Waals surface area contributed by atoms with Gasteiger partial charge in [-0.05, 0) is 19.1 Å². The molecule has 1 heterocycles. The van der Waals surface area contributed by atoms with Gasteiger partial charge in [-0.25, -0.2) is 9.78 Å². The average molecular weight is 318 g/mol. The average Bonchev–Trinajstić information content (AvgIpc) is 2.55. The lowest BCUT2D eigenvalue weighted by atomic mass is 10.2. The quantitative estimate of drug-likeness (QED) is 0.490. The lowest BCUT2D eigenvalue weighted by Crippen LogP contribution is -2.08. The summed E-state index contributed by atoms with van der Waals surface area (Å²) in [4.78, 5) is 30.0. The molecule has 0 saturated heterocycles. The zero-order valence-electron chi connectivity index (χ0n) is 12.5. The van der Waals surface area contributed by atoms with E-state index in [0.717, 1.165) is 6.33 Å². The van der Waals surface area contributed by atoms with Crippen LogP contribution in [0.25, 0.3) is 0 Å². The number of aromatic nitrogens is 2. The maximum Gasteiger partial charge on any atom is 0.373 e. The number of methoxy groups -OCH3 is 1. The van der Waals surface area contributed by atoms with Crippen LogP contribution in [0, 0.1) is 10.1 Å². The molecule has 23 heavy (non-hydrogen) atoms. The van der Waals surface area contributed by atoms with Crippen LogP contribution in [0.1, 0.15) is 17.3 Å². The van der Waals surface area contributed by atoms with Gasteiger partial charge in [-0.1, -0.05) is 12.1 Å². The topological polar surface area (TPSA) is 116 Å². The van der Waals surface area contributed by atoms with Crippen LogP contribution >= 0.6 is 0 Å². The number of carbonyl (C=O) groups is 1. The van der Waals surface area contributed by atoms with Crippen molar-refractivity contribution in [2.45, 2.75) is 6.92 Å². The molecule has 2 aromatic rings.